The number of nitrogens with two attached hydrogens (primary N) is 1. The number of nitrogens with one attached hydrogen (secondary N) is 1. The van der Waals surface area contributed by atoms with E-state index in [1.165, 1.54) is 10.4 Å². The van der Waals surface area contributed by atoms with Gasteiger partial charge in [-0.15, -0.1) is 12.4 Å². The number of halogens is 1. The third kappa shape index (κ3) is 6.26. The van der Waals surface area contributed by atoms with Gasteiger partial charge < -0.3 is 11.1 Å². The molecule has 0 heterocycles. The van der Waals surface area contributed by atoms with E-state index in [1.807, 2.05) is 13.8 Å². The average molecular weight is 392 g/mol. The molecule has 0 saturated heterocycles. The van der Waals surface area contributed by atoms with Crippen LogP contribution in [0.4, 0.5) is 5.69 Å². The maximum Gasteiger partial charge on any atom is 0.243 e. The standard InChI is InChI=1S/C17H29N3O3S.ClH/c1-6-20(7-2)24(22,23)16-11-14(9-8-13(16)5)19-17(21)15(18)10-12(3)4;/h8-9,11-12,15H,6-7,10,18H2,1-5H3,(H,19,21);1H/t15-;/m0./s1. The number of aryl methyl sites for hydroxylation is 1. The van der Waals surface area contributed by atoms with Crippen LogP contribution < -0.4 is 11.1 Å². The van der Waals surface area contributed by atoms with E-state index in [0.29, 0.717) is 36.7 Å². The van der Waals surface area contributed by atoms with Gasteiger partial charge in [0, 0.05) is 18.8 Å². The van der Waals surface area contributed by atoms with Crippen LogP contribution in [0.5, 0.6) is 0 Å². The van der Waals surface area contributed by atoms with E-state index in [-0.39, 0.29) is 23.2 Å². The van der Waals surface area contributed by atoms with Gasteiger partial charge in [0.05, 0.1) is 10.9 Å². The van der Waals surface area contributed by atoms with E-state index < -0.39 is 16.1 Å². The molecule has 1 aromatic carbocycles. The molecular weight excluding hydrogens is 362 g/mol. The van der Waals surface area contributed by atoms with Crippen molar-refractivity contribution < 1.29 is 13.2 Å². The van der Waals surface area contributed by atoms with Crippen molar-refractivity contribution in [3.63, 3.8) is 0 Å². The van der Waals surface area contributed by atoms with Gasteiger partial charge in [0.1, 0.15) is 0 Å². The fourth-order valence-corrected chi connectivity index (χ4v) is 4.22. The van der Waals surface area contributed by atoms with Gasteiger partial charge in [0.2, 0.25) is 15.9 Å². The zero-order chi connectivity index (χ0) is 18.5. The minimum atomic E-state index is -3.58. The molecule has 1 atom stereocenters. The molecule has 0 aliphatic rings. The molecule has 0 bridgehead atoms. The largest absolute Gasteiger partial charge is 0.325 e. The molecule has 1 rings (SSSR count). The second-order valence-corrected chi connectivity index (χ2v) is 8.20. The van der Waals surface area contributed by atoms with Crippen molar-refractivity contribution >= 4 is 34.0 Å². The number of sulfonamides is 1. The number of nitrogens with zero attached hydrogens (tertiary/aromatic N) is 1. The first kappa shape index (κ1) is 23.9. The molecule has 1 aromatic rings. The lowest BCUT2D eigenvalue weighted by atomic mass is 10.0. The van der Waals surface area contributed by atoms with Gasteiger partial charge in [0.25, 0.3) is 0 Å². The zero-order valence-corrected chi connectivity index (χ0v) is 17.2. The molecule has 0 fully saturated rings. The van der Waals surface area contributed by atoms with Gasteiger partial charge in [-0.05, 0) is 37.0 Å². The van der Waals surface area contributed by atoms with Gasteiger partial charge in [-0.3, -0.25) is 4.79 Å². The highest BCUT2D eigenvalue weighted by molar-refractivity contribution is 7.89. The van der Waals surface area contributed by atoms with Crippen molar-refractivity contribution in [1.82, 2.24) is 4.31 Å². The van der Waals surface area contributed by atoms with Crippen LogP contribution in [-0.2, 0) is 14.8 Å². The van der Waals surface area contributed by atoms with Crippen LogP contribution in [0.25, 0.3) is 0 Å². The van der Waals surface area contributed by atoms with Gasteiger partial charge >= 0.3 is 0 Å². The lowest BCUT2D eigenvalue weighted by Crippen LogP contribution is -2.36. The molecule has 0 saturated carbocycles. The number of hydrogen-bond donors (Lipinski definition) is 2. The Bertz CT molecular complexity index is 674. The summed E-state index contributed by atoms with van der Waals surface area (Å²) in [6, 6.07) is 4.27. The molecule has 144 valence electrons. The van der Waals surface area contributed by atoms with E-state index >= 15 is 0 Å². The SMILES string of the molecule is CCN(CC)S(=O)(=O)c1cc(NC(=O)[C@@H](N)CC(C)C)ccc1C.Cl. The first-order chi connectivity index (χ1) is 11.1. The van der Waals surface area contributed by atoms with E-state index in [2.05, 4.69) is 5.32 Å². The van der Waals surface area contributed by atoms with E-state index in [4.69, 9.17) is 5.73 Å². The molecule has 3 N–H and O–H groups in total. The molecular formula is C17H30ClN3O3S. The van der Waals surface area contributed by atoms with E-state index in [9.17, 15) is 13.2 Å². The molecule has 6 nitrogen and oxygen atoms in total. The highest BCUT2D eigenvalue weighted by Gasteiger charge is 2.24. The normalized spacial score (nSPS) is 12.8. The summed E-state index contributed by atoms with van der Waals surface area (Å²) in [4.78, 5) is 12.4. The van der Waals surface area contributed by atoms with Gasteiger partial charge in [-0.1, -0.05) is 33.8 Å². The number of anilines is 1. The van der Waals surface area contributed by atoms with Crippen molar-refractivity contribution in [3.8, 4) is 0 Å². The topological polar surface area (TPSA) is 92.5 Å². The van der Waals surface area contributed by atoms with Crippen LogP contribution in [-0.4, -0.2) is 37.8 Å². The zero-order valence-electron chi connectivity index (χ0n) is 15.6. The van der Waals surface area contributed by atoms with Gasteiger partial charge in [-0.2, -0.15) is 4.31 Å². The lowest BCUT2D eigenvalue weighted by molar-refractivity contribution is -0.117. The van der Waals surface area contributed by atoms with E-state index in [0.717, 1.165) is 0 Å². The quantitative estimate of drug-likeness (QED) is 0.712. The van der Waals surface area contributed by atoms with Crippen molar-refractivity contribution in [1.29, 1.82) is 0 Å². The minimum absolute atomic E-state index is 0. The third-order valence-electron chi connectivity index (χ3n) is 3.84. The summed E-state index contributed by atoms with van der Waals surface area (Å²) in [5, 5.41) is 2.71. The van der Waals surface area contributed by atoms with Crippen LogP contribution in [0.2, 0.25) is 0 Å². The van der Waals surface area contributed by atoms with E-state index in [1.54, 1.807) is 32.9 Å². The summed E-state index contributed by atoms with van der Waals surface area (Å²) >= 11 is 0. The van der Waals surface area contributed by atoms with Crippen LogP contribution in [0.3, 0.4) is 0 Å². The molecule has 1 amide bonds. The fraction of sp³-hybridized carbons (Fsp3) is 0.588. The average Bonchev–Trinajstić information content (AvgIpc) is 2.49. The molecule has 0 spiro atoms. The second-order valence-electron chi connectivity index (χ2n) is 6.29. The molecule has 25 heavy (non-hydrogen) atoms. The predicted octanol–water partition coefficient (Wildman–Crippen LogP) is 2.76. The maximum atomic E-state index is 12.7. The van der Waals surface area contributed by atoms with Crippen LogP contribution in [0, 0.1) is 12.8 Å². The third-order valence-corrected chi connectivity index (χ3v) is 6.03. The Kier molecular flexibility index (Phi) is 9.64. The smallest absolute Gasteiger partial charge is 0.243 e. The van der Waals surface area contributed by atoms with Crippen LogP contribution in [0.1, 0.15) is 39.7 Å². The Balaban J connectivity index is 0.00000576. The number of amides is 1. The summed E-state index contributed by atoms with van der Waals surface area (Å²) in [7, 11) is -3.58. The molecule has 0 aliphatic heterocycles. The lowest BCUT2D eigenvalue weighted by Gasteiger charge is -2.20. The highest BCUT2D eigenvalue weighted by Crippen LogP contribution is 2.23. The van der Waals surface area contributed by atoms with Crippen molar-refractivity contribution in [3.05, 3.63) is 23.8 Å². The Hall–Kier alpha value is -1.15. The summed E-state index contributed by atoms with van der Waals surface area (Å²) < 4.78 is 26.8. The monoisotopic (exact) mass is 391 g/mol. The van der Waals surface area contributed by atoms with Crippen molar-refractivity contribution in [2.75, 3.05) is 18.4 Å². The summed E-state index contributed by atoms with van der Waals surface area (Å²) in [5.41, 5.74) is 6.96. The van der Waals surface area contributed by atoms with Gasteiger partial charge in [-0.25, -0.2) is 8.42 Å². The number of carbonyl (C=O) groups excluding carboxylic acids is 1. The highest BCUT2D eigenvalue weighted by atomic mass is 35.5. The Morgan fingerprint density at radius 1 is 1.24 bits per heavy atom. The van der Waals surface area contributed by atoms with Crippen molar-refractivity contribution in [2.24, 2.45) is 11.7 Å². The van der Waals surface area contributed by atoms with Crippen molar-refractivity contribution in [2.45, 2.75) is 52.0 Å². The number of rotatable bonds is 8. The first-order valence-corrected chi connectivity index (χ1v) is 9.74. The Labute approximate surface area is 157 Å². The summed E-state index contributed by atoms with van der Waals surface area (Å²) in [5.74, 6) is 0.00103. The second kappa shape index (κ2) is 10.1. The number of benzene rings is 1. The fourth-order valence-electron chi connectivity index (χ4n) is 2.51. The molecule has 0 aromatic heterocycles. The van der Waals surface area contributed by atoms with Crippen LogP contribution >= 0.6 is 12.4 Å². The number of hydrogen-bond acceptors (Lipinski definition) is 4. The van der Waals surface area contributed by atoms with Crippen LogP contribution in [0.15, 0.2) is 23.1 Å². The summed E-state index contributed by atoms with van der Waals surface area (Å²) in [6.45, 7) is 10.1. The Morgan fingerprint density at radius 3 is 2.28 bits per heavy atom. The van der Waals surface area contributed by atoms with Gasteiger partial charge in [0.15, 0.2) is 0 Å². The molecule has 0 unspecified atom stereocenters. The predicted molar refractivity (Wildman–Crippen MR) is 105 cm³/mol. The molecule has 0 aliphatic carbocycles. The number of carbonyl (C=O) groups is 1. The molecule has 0 radical (unpaired) electrons. The maximum absolute atomic E-state index is 12.7. The molecule has 8 heteroatoms. The Morgan fingerprint density at radius 2 is 1.80 bits per heavy atom. The minimum Gasteiger partial charge on any atom is -0.325 e. The summed E-state index contributed by atoms with van der Waals surface area (Å²) in [6.07, 6.45) is 0.572. The first-order valence-electron chi connectivity index (χ1n) is 8.30.